The minimum atomic E-state index is -3.45. The van der Waals surface area contributed by atoms with Crippen LogP contribution in [0.15, 0.2) is 58.3 Å². The van der Waals surface area contributed by atoms with Crippen molar-refractivity contribution in [2.45, 2.75) is 28.5 Å². The summed E-state index contributed by atoms with van der Waals surface area (Å²) in [5.74, 6) is 0.688. The summed E-state index contributed by atoms with van der Waals surface area (Å²) >= 11 is 1.46. The third-order valence-electron chi connectivity index (χ3n) is 3.71. The van der Waals surface area contributed by atoms with Gasteiger partial charge in [0.15, 0.2) is 0 Å². The van der Waals surface area contributed by atoms with Crippen LogP contribution in [0.25, 0.3) is 0 Å². The number of rotatable bonds is 8. The fourth-order valence-corrected chi connectivity index (χ4v) is 3.77. The Morgan fingerprint density at radius 1 is 1.12 bits per heavy atom. The first-order valence-electron chi connectivity index (χ1n) is 7.96. The molecule has 6 nitrogen and oxygen atoms in total. The predicted octanol–water partition coefficient (Wildman–Crippen LogP) is 2.40. The molecule has 140 valence electrons. The summed E-state index contributed by atoms with van der Waals surface area (Å²) < 4.78 is 30.8. The number of benzene rings is 2. The molecule has 0 aliphatic rings. The molecule has 0 saturated heterocycles. The molecule has 1 atom stereocenters. The van der Waals surface area contributed by atoms with Gasteiger partial charge in [-0.05, 0) is 55.9 Å². The smallest absolute Gasteiger partial charge is 0.240 e. The Balaban J connectivity index is 1.89. The highest BCUT2D eigenvalue weighted by atomic mass is 32.2. The van der Waals surface area contributed by atoms with Crippen molar-refractivity contribution in [3.8, 4) is 5.75 Å². The minimum Gasteiger partial charge on any atom is -0.497 e. The first kappa shape index (κ1) is 20.3. The van der Waals surface area contributed by atoms with Crippen molar-refractivity contribution < 1.29 is 17.9 Å². The van der Waals surface area contributed by atoms with E-state index in [1.807, 2.05) is 31.2 Å². The largest absolute Gasteiger partial charge is 0.497 e. The van der Waals surface area contributed by atoms with Crippen molar-refractivity contribution in [3.05, 3.63) is 54.1 Å². The molecule has 8 heteroatoms. The highest BCUT2D eigenvalue weighted by Gasteiger charge is 2.15. The Morgan fingerprint density at radius 2 is 1.73 bits per heavy atom. The molecule has 26 heavy (non-hydrogen) atoms. The monoisotopic (exact) mass is 394 g/mol. The molecule has 0 saturated carbocycles. The van der Waals surface area contributed by atoms with Gasteiger partial charge in [0.05, 0.1) is 17.3 Å². The number of nitrogens with one attached hydrogen (secondary N) is 2. The number of hydrogen-bond donors (Lipinski definition) is 2. The van der Waals surface area contributed by atoms with Crippen LogP contribution in [0.5, 0.6) is 5.75 Å². The van der Waals surface area contributed by atoms with Gasteiger partial charge < -0.3 is 10.1 Å². The summed E-state index contributed by atoms with van der Waals surface area (Å²) in [7, 11) is -0.472. The second kappa shape index (κ2) is 9.07. The Hall–Kier alpha value is -2.03. The van der Waals surface area contributed by atoms with Crippen LogP contribution in [0.3, 0.4) is 0 Å². The standard InChI is InChI=1S/C18H22N2O4S2/c1-13(25-16-8-6-15(24-3)7-9-16)18(21)20-12-14-4-10-17(11-5-14)26(22,23)19-2/h4-11,13,19H,12H2,1-3H3,(H,20,21). The second-order valence-electron chi connectivity index (χ2n) is 5.50. The SMILES string of the molecule is CNS(=O)(=O)c1ccc(CNC(=O)C(C)Sc2ccc(OC)cc2)cc1. The maximum absolute atomic E-state index is 12.3. The molecular formula is C18H22N2O4S2. The maximum Gasteiger partial charge on any atom is 0.240 e. The highest BCUT2D eigenvalue weighted by Crippen LogP contribution is 2.25. The van der Waals surface area contributed by atoms with E-state index < -0.39 is 10.0 Å². The molecule has 2 aromatic carbocycles. The molecule has 0 aliphatic carbocycles. The second-order valence-corrected chi connectivity index (χ2v) is 8.81. The topological polar surface area (TPSA) is 84.5 Å². The van der Waals surface area contributed by atoms with Gasteiger partial charge in [-0.3, -0.25) is 4.79 Å². The van der Waals surface area contributed by atoms with E-state index in [9.17, 15) is 13.2 Å². The van der Waals surface area contributed by atoms with E-state index in [1.54, 1.807) is 19.2 Å². The number of hydrogen-bond acceptors (Lipinski definition) is 5. The number of carbonyl (C=O) groups excluding carboxylic acids is 1. The summed E-state index contributed by atoms with van der Waals surface area (Å²) in [6.45, 7) is 2.18. The highest BCUT2D eigenvalue weighted by molar-refractivity contribution is 8.00. The van der Waals surface area contributed by atoms with Crippen molar-refractivity contribution in [2.24, 2.45) is 0 Å². The molecule has 0 fully saturated rings. The van der Waals surface area contributed by atoms with Gasteiger partial charge in [0.2, 0.25) is 15.9 Å². The predicted molar refractivity (Wildman–Crippen MR) is 103 cm³/mol. The summed E-state index contributed by atoms with van der Waals surface area (Å²) in [4.78, 5) is 13.4. The molecule has 0 radical (unpaired) electrons. The Morgan fingerprint density at radius 3 is 2.27 bits per heavy atom. The van der Waals surface area contributed by atoms with Crippen LogP contribution in [-0.4, -0.2) is 33.7 Å². The third-order valence-corrected chi connectivity index (χ3v) is 6.25. The Kier molecular flexibility index (Phi) is 7.07. The molecule has 2 rings (SSSR count). The van der Waals surface area contributed by atoms with Gasteiger partial charge in [0.1, 0.15) is 5.75 Å². The van der Waals surface area contributed by atoms with Crippen molar-refractivity contribution in [1.82, 2.24) is 10.0 Å². The number of amides is 1. The molecule has 0 spiro atoms. The average Bonchev–Trinajstić information content (AvgIpc) is 2.67. The lowest BCUT2D eigenvalue weighted by molar-refractivity contribution is -0.120. The fraction of sp³-hybridized carbons (Fsp3) is 0.278. The summed E-state index contributed by atoms with van der Waals surface area (Å²) in [5, 5.41) is 2.61. The van der Waals surface area contributed by atoms with E-state index in [4.69, 9.17) is 4.74 Å². The lowest BCUT2D eigenvalue weighted by atomic mass is 10.2. The molecule has 2 aromatic rings. The van der Waals surface area contributed by atoms with E-state index >= 15 is 0 Å². The van der Waals surface area contributed by atoms with Crippen LogP contribution >= 0.6 is 11.8 Å². The van der Waals surface area contributed by atoms with Crippen molar-refractivity contribution in [3.63, 3.8) is 0 Å². The fourth-order valence-electron chi connectivity index (χ4n) is 2.15. The van der Waals surface area contributed by atoms with Gasteiger partial charge in [-0.1, -0.05) is 12.1 Å². The average molecular weight is 395 g/mol. The number of carbonyl (C=O) groups is 1. The summed E-state index contributed by atoms with van der Waals surface area (Å²) in [6.07, 6.45) is 0. The van der Waals surface area contributed by atoms with Crippen molar-refractivity contribution >= 4 is 27.7 Å². The molecular weight excluding hydrogens is 372 g/mol. The Bertz CT molecular complexity index is 834. The molecule has 1 unspecified atom stereocenters. The van der Waals surface area contributed by atoms with Crippen LogP contribution in [0.2, 0.25) is 0 Å². The normalized spacial score (nSPS) is 12.4. The zero-order valence-electron chi connectivity index (χ0n) is 14.9. The molecule has 2 N–H and O–H groups in total. The van der Waals surface area contributed by atoms with E-state index in [1.165, 1.54) is 30.9 Å². The van der Waals surface area contributed by atoms with E-state index in [2.05, 4.69) is 10.0 Å². The van der Waals surface area contributed by atoms with Crippen molar-refractivity contribution in [1.29, 1.82) is 0 Å². The lowest BCUT2D eigenvalue weighted by Gasteiger charge is -2.12. The molecule has 0 aromatic heterocycles. The first-order valence-corrected chi connectivity index (χ1v) is 10.3. The Labute approximate surface area is 158 Å². The number of ether oxygens (including phenoxy) is 1. The number of thioether (sulfide) groups is 1. The van der Waals surface area contributed by atoms with Gasteiger partial charge in [-0.15, -0.1) is 11.8 Å². The first-order chi connectivity index (χ1) is 12.4. The van der Waals surface area contributed by atoms with Gasteiger partial charge in [-0.25, -0.2) is 13.1 Å². The van der Waals surface area contributed by atoms with Gasteiger partial charge in [0, 0.05) is 11.4 Å². The lowest BCUT2D eigenvalue weighted by Crippen LogP contribution is -2.30. The number of methoxy groups -OCH3 is 1. The van der Waals surface area contributed by atoms with Crippen LogP contribution in [0.1, 0.15) is 12.5 Å². The van der Waals surface area contributed by atoms with Gasteiger partial charge >= 0.3 is 0 Å². The molecule has 0 bridgehead atoms. The van der Waals surface area contributed by atoms with Crippen LogP contribution in [0.4, 0.5) is 0 Å². The van der Waals surface area contributed by atoms with Gasteiger partial charge in [0.25, 0.3) is 0 Å². The molecule has 1 amide bonds. The van der Waals surface area contributed by atoms with Crippen LogP contribution in [0, 0.1) is 0 Å². The quantitative estimate of drug-likeness (QED) is 0.672. The van der Waals surface area contributed by atoms with Crippen LogP contribution < -0.4 is 14.8 Å². The zero-order chi connectivity index (χ0) is 19.2. The summed E-state index contributed by atoms with van der Waals surface area (Å²) in [6, 6.07) is 13.9. The maximum atomic E-state index is 12.3. The number of sulfonamides is 1. The summed E-state index contributed by atoms with van der Waals surface area (Å²) in [5.41, 5.74) is 0.829. The van der Waals surface area contributed by atoms with E-state index in [0.29, 0.717) is 6.54 Å². The molecule has 0 heterocycles. The molecule has 0 aliphatic heterocycles. The van der Waals surface area contributed by atoms with Crippen LogP contribution in [-0.2, 0) is 21.4 Å². The van der Waals surface area contributed by atoms with Gasteiger partial charge in [-0.2, -0.15) is 0 Å². The third kappa shape index (κ3) is 5.48. The minimum absolute atomic E-state index is 0.0854. The van der Waals surface area contributed by atoms with Crippen molar-refractivity contribution in [2.75, 3.05) is 14.2 Å². The van der Waals surface area contributed by atoms with E-state index in [-0.39, 0.29) is 16.1 Å². The zero-order valence-corrected chi connectivity index (χ0v) is 16.5. The van der Waals surface area contributed by atoms with E-state index in [0.717, 1.165) is 16.2 Å².